The van der Waals surface area contributed by atoms with E-state index in [9.17, 15) is 9.59 Å². The lowest BCUT2D eigenvalue weighted by atomic mass is 10.2. The molecule has 1 aliphatic heterocycles. The molecule has 2 rings (SSSR count). The molecule has 6 nitrogen and oxygen atoms in total. The first-order chi connectivity index (χ1) is 8.09. The fourth-order valence-corrected chi connectivity index (χ4v) is 1.76. The second kappa shape index (κ2) is 4.58. The van der Waals surface area contributed by atoms with Gasteiger partial charge in [0, 0.05) is 6.54 Å². The summed E-state index contributed by atoms with van der Waals surface area (Å²) in [4.78, 5) is 24.3. The molecule has 6 heteroatoms. The number of carbonyl (C=O) groups excluding carboxylic acids is 1. The third kappa shape index (κ3) is 2.31. The number of carboxylic acids is 1. The van der Waals surface area contributed by atoms with Crippen molar-refractivity contribution in [2.24, 2.45) is 0 Å². The van der Waals surface area contributed by atoms with Gasteiger partial charge in [0.1, 0.15) is 5.76 Å². The van der Waals surface area contributed by atoms with Gasteiger partial charge in [0.15, 0.2) is 6.10 Å². The number of ether oxygens (including phenoxy) is 1. The zero-order valence-corrected chi connectivity index (χ0v) is 9.38. The number of aliphatic carboxylic acids is 1. The molecule has 1 aromatic heterocycles. The molecule has 0 unspecified atom stereocenters. The van der Waals surface area contributed by atoms with Crippen molar-refractivity contribution in [1.29, 1.82) is 0 Å². The Morgan fingerprint density at radius 2 is 2.29 bits per heavy atom. The predicted molar refractivity (Wildman–Crippen MR) is 56.7 cm³/mol. The average Bonchev–Trinajstić information content (AvgIpc) is 2.74. The fraction of sp³-hybridized carbons (Fsp3) is 0.455. The molecule has 0 aromatic carbocycles. The van der Waals surface area contributed by atoms with Crippen molar-refractivity contribution >= 4 is 11.9 Å². The summed E-state index contributed by atoms with van der Waals surface area (Å²) in [6.45, 7) is 2.40. The van der Waals surface area contributed by atoms with E-state index in [0.29, 0.717) is 17.9 Å². The first-order valence-electron chi connectivity index (χ1n) is 5.27. The van der Waals surface area contributed by atoms with E-state index in [2.05, 4.69) is 0 Å². The molecule has 1 aliphatic rings. The van der Waals surface area contributed by atoms with E-state index in [1.165, 1.54) is 11.2 Å². The van der Waals surface area contributed by atoms with Crippen LogP contribution >= 0.6 is 0 Å². The molecule has 0 radical (unpaired) electrons. The Balaban J connectivity index is 2.10. The molecule has 1 atom stereocenters. The molecular formula is C11H13NO5. The van der Waals surface area contributed by atoms with Gasteiger partial charge in [-0.1, -0.05) is 0 Å². The number of nitrogens with zero attached hydrogens (tertiary/aromatic N) is 1. The topological polar surface area (TPSA) is 80.0 Å². The highest BCUT2D eigenvalue weighted by Crippen LogP contribution is 2.15. The van der Waals surface area contributed by atoms with Crippen LogP contribution in [-0.4, -0.2) is 47.7 Å². The quantitative estimate of drug-likeness (QED) is 0.813. The summed E-state index contributed by atoms with van der Waals surface area (Å²) in [6, 6.07) is 1.59. The Kier molecular flexibility index (Phi) is 3.14. The van der Waals surface area contributed by atoms with E-state index in [1.807, 2.05) is 0 Å². The number of furan rings is 1. The van der Waals surface area contributed by atoms with Gasteiger partial charge in [0.05, 0.1) is 25.0 Å². The van der Waals surface area contributed by atoms with Gasteiger partial charge in [-0.05, 0) is 13.0 Å². The third-order valence-electron chi connectivity index (χ3n) is 2.72. The van der Waals surface area contributed by atoms with Crippen LogP contribution in [0.2, 0.25) is 0 Å². The van der Waals surface area contributed by atoms with Gasteiger partial charge < -0.3 is 19.2 Å². The van der Waals surface area contributed by atoms with Crippen LogP contribution in [0.5, 0.6) is 0 Å². The number of hydrogen-bond acceptors (Lipinski definition) is 4. The summed E-state index contributed by atoms with van der Waals surface area (Å²) in [5, 5.41) is 8.84. The lowest BCUT2D eigenvalue weighted by Gasteiger charge is -2.30. The van der Waals surface area contributed by atoms with Gasteiger partial charge in [-0.15, -0.1) is 0 Å². The van der Waals surface area contributed by atoms with E-state index in [1.54, 1.807) is 13.0 Å². The summed E-state index contributed by atoms with van der Waals surface area (Å²) in [5.74, 6) is -0.731. The van der Waals surface area contributed by atoms with Gasteiger partial charge in [0.25, 0.3) is 5.91 Å². The number of rotatable bonds is 2. The minimum atomic E-state index is -1.05. The van der Waals surface area contributed by atoms with Gasteiger partial charge in [0.2, 0.25) is 0 Å². The van der Waals surface area contributed by atoms with Crippen LogP contribution in [0.25, 0.3) is 0 Å². The molecule has 1 aromatic rings. The van der Waals surface area contributed by atoms with Crippen molar-refractivity contribution in [2.45, 2.75) is 13.0 Å². The maximum Gasteiger partial charge on any atom is 0.334 e. The van der Waals surface area contributed by atoms with E-state index < -0.39 is 12.1 Å². The predicted octanol–water partition coefficient (Wildman–Crippen LogP) is 0.514. The van der Waals surface area contributed by atoms with E-state index in [4.69, 9.17) is 14.3 Å². The molecular weight excluding hydrogens is 226 g/mol. The van der Waals surface area contributed by atoms with Gasteiger partial charge in [-0.3, -0.25) is 4.79 Å². The highest BCUT2D eigenvalue weighted by atomic mass is 16.5. The summed E-state index contributed by atoms with van der Waals surface area (Å²) in [6.07, 6.45) is 0.498. The van der Waals surface area contributed by atoms with Crippen LogP contribution in [0.4, 0.5) is 0 Å². The number of aryl methyl sites for hydroxylation is 1. The molecule has 1 N–H and O–H groups in total. The van der Waals surface area contributed by atoms with Crippen molar-refractivity contribution in [1.82, 2.24) is 4.90 Å². The first-order valence-corrected chi connectivity index (χ1v) is 5.27. The Bertz CT molecular complexity index is 439. The van der Waals surface area contributed by atoms with Gasteiger partial charge >= 0.3 is 5.97 Å². The van der Waals surface area contributed by atoms with Gasteiger partial charge in [-0.2, -0.15) is 0 Å². The Morgan fingerprint density at radius 1 is 1.53 bits per heavy atom. The third-order valence-corrected chi connectivity index (χ3v) is 2.72. The van der Waals surface area contributed by atoms with Crippen molar-refractivity contribution in [3.63, 3.8) is 0 Å². The summed E-state index contributed by atoms with van der Waals surface area (Å²) < 4.78 is 10.1. The Labute approximate surface area is 97.8 Å². The zero-order valence-electron chi connectivity index (χ0n) is 9.38. The van der Waals surface area contributed by atoms with E-state index in [0.717, 1.165) is 0 Å². The molecule has 0 bridgehead atoms. The summed E-state index contributed by atoms with van der Waals surface area (Å²) in [5.41, 5.74) is 0.469. The maximum absolute atomic E-state index is 12.1. The second-order valence-electron chi connectivity index (χ2n) is 3.84. The molecule has 2 heterocycles. The summed E-state index contributed by atoms with van der Waals surface area (Å²) in [7, 11) is 0. The molecule has 0 spiro atoms. The molecule has 1 saturated heterocycles. The van der Waals surface area contributed by atoms with Crippen molar-refractivity contribution in [3.8, 4) is 0 Å². The van der Waals surface area contributed by atoms with E-state index >= 15 is 0 Å². The number of carbonyl (C=O) groups is 2. The van der Waals surface area contributed by atoms with Crippen molar-refractivity contribution in [2.75, 3.05) is 19.7 Å². The van der Waals surface area contributed by atoms with Crippen molar-refractivity contribution in [3.05, 3.63) is 23.7 Å². The van der Waals surface area contributed by atoms with Crippen LogP contribution in [0.3, 0.4) is 0 Å². The SMILES string of the molecule is Cc1occc1C(=O)N1CCO[C@H](C(=O)O)C1. The Morgan fingerprint density at radius 3 is 2.88 bits per heavy atom. The number of amides is 1. The highest BCUT2D eigenvalue weighted by Gasteiger charge is 2.30. The smallest absolute Gasteiger partial charge is 0.334 e. The fourth-order valence-electron chi connectivity index (χ4n) is 1.76. The molecule has 1 fully saturated rings. The lowest BCUT2D eigenvalue weighted by Crippen LogP contribution is -2.48. The van der Waals surface area contributed by atoms with Crippen LogP contribution in [0, 0.1) is 6.92 Å². The van der Waals surface area contributed by atoms with E-state index in [-0.39, 0.29) is 19.1 Å². The average molecular weight is 239 g/mol. The van der Waals surface area contributed by atoms with Gasteiger partial charge in [-0.25, -0.2) is 4.79 Å². The zero-order chi connectivity index (χ0) is 12.4. The normalized spacial score (nSPS) is 20.3. The largest absolute Gasteiger partial charge is 0.479 e. The summed E-state index contributed by atoms with van der Waals surface area (Å²) >= 11 is 0. The molecule has 17 heavy (non-hydrogen) atoms. The number of hydrogen-bond donors (Lipinski definition) is 1. The lowest BCUT2D eigenvalue weighted by molar-refractivity contribution is -0.154. The minimum Gasteiger partial charge on any atom is -0.479 e. The van der Waals surface area contributed by atoms with Crippen LogP contribution in [-0.2, 0) is 9.53 Å². The molecule has 0 saturated carbocycles. The number of carboxylic acid groups (broad SMARTS) is 1. The van der Waals surface area contributed by atoms with Crippen LogP contribution < -0.4 is 0 Å². The van der Waals surface area contributed by atoms with Crippen molar-refractivity contribution < 1.29 is 23.8 Å². The molecule has 92 valence electrons. The highest BCUT2D eigenvalue weighted by molar-refractivity contribution is 5.95. The molecule has 1 amide bonds. The standard InChI is InChI=1S/C11H13NO5/c1-7-8(2-4-16-7)10(13)12-3-5-17-9(6-12)11(14)15/h2,4,9H,3,5-6H2,1H3,(H,14,15)/t9-/m0/s1. The van der Waals surface area contributed by atoms with Crippen LogP contribution in [0.15, 0.2) is 16.7 Å². The second-order valence-corrected chi connectivity index (χ2v) is 3.84. The maximum atomic E-state index is 12.1. The number of morpholine rings is 1. The minimum absolute atomic E-state index is 0.0682. The molecule has 0 aliphatic carbocycles. The first kappa shape index (κ1) is 11.7. The monoisotopic (exact) mass is 239 g/mol. The van der Waals surface area contributed by atoms with Crippen LogP contribution in [0.1, 0.15) is 16.1 Å². The Hall–Kier alpha value is -1.82.